The third-order valence-electron chi connectivity index (χ3n) is 3.08. The first-order valence-electron chi connectivity index (χ1n) is 5.69. The van der Waals surface area contributed by atoms with Crippen LogP contribution in [0.1, 0.15) is 32.6 Å². The average molecular weight is 251 g/mol. The van der Waals surface area contributed by atoms with E-state index in [2.05, 4.69) is 0 Å². The number of nitrogens with two attached hydrogens (primary N) is 1. The molecule has 1 rings (SSSR count). The highest BCUT2D eigenvalue weighted by Crippen LogP contribution is 2.25. The molecule has 1 saturated carbocycles. The maximum Gasteiger partial charge on any atom is 0.225 e. The van der Waals surface area contributed by atoms with Gasteiger partial charge in [0, 0.05) is 25.6 Å². The van der Waals surface area contributed by atoms with Gasteiger partial charge in [0.25, 0.3) is 0 Å². The van der Waals surface area contributed by atoms with Crippen molar-refractivity contribution in [2.45, 2.75) is 44.8 Å². The number of carbonyl (C=O) groups excluding carboxylic acids is 1. The first-order valence-corrected chi connectivity index (χ1v) is 5.69. The molecule has 16 heavy (non-hydrogen) atoms. The predicted molar refractivity (Wildman–Crippen MR) is 66.5 cm³/mol. The number of nitrogens with zero attached hydrogens (tertiary/aromatic N) is 1. The molecule has 1 amide bonds. The number of aliphatic hydroxyl groups is 1. The molecule has 3 N–H and O–H groups in total. The second-order valence-corrected chi connectivity index (χ2v) is 4.67. The molecule has 0 saturated heterocycles. The van der Waals surface area contributed by atoms with E-state index in [9.17, 15) is 4.79 Å². The van der Waals surface area contributed by atoms with Gasteiger partial charge in [-0.2, -0.15) is 0 Å². The Morgan fingerprint density at radius 2 is 2.19 bits per heavy atom. The largest absolute Gasteiger partial charge is 0.393 e. The van der Waals surface area contributed by atoms with Gasteiger partial charge in [-0.25, -0.2) is 0 Å². The standard InChI is InChI=1S/C11H22N2O2.ClH/c1-8(14)5-6-13(2)11(15)9-3-4-10(12)7-9;/h8-10,14H,3-7,12H2,1-2H3;1H. The normalized spacial score (nSPS) is 26.0. The van der Waals surface area contributed by atoms with Crippen LogP contribution in [0.4, 0.5) is 0 Å². The van der Waals surface area contributed by atoms with Crippen LogP contribution in [0.2, 0.25) is 0 Å². The predicted octanol–water partition coefficient (Wildman–Crippen LogP) is 0.765. The first kappa shape index (κ1) is 15.7. The van der Waals surface area contributed by atoms with E-state index in [-0.39, 0.29) is 36.4 Å². The van der Waals surface area contributed by atoms with E-state index in [1.165, 1.54) is 0 Å². The fourth-order valence-electron chi connectivity index (χ4n) is 2.04. The first-order chi connectivity index (χ1) is 7.00. The molecule has 4 nitrogen and oxygen atoms in total. The second-order valence-electron chi connectivity index (χ2n) is 4.67. The van der Waals surface area contributed by atoms with Gasteiger partial charge in [-0.15, -0.1) is 12.4 Å². The Morgan fingerprint density at radius 3 is 2.62 bits per heavy atom. The van der Waals surface area contributed by atoms with Gasteiger partial charge in [-0.1, -0.05) is 0 Å². The van der Waals surface area contributed by atoms with Crippen LogP contribution in [0.15, 0.2) is 0 Å². The highest BCUT2D eigenvalue weighted by Gasteiger charge is 2.29. The Labute approximate surface area is 104 Å². The molecule has 5 heteroatoms. The molecule has 0 spiro atoms. The van der Waals surface area contributed by atoms with Gasteiger partial charge in [-0.05, 0) is 32.6 Å². The fraction of sp³-hybridized carbons (Fsp3) is 0.909. The molecule has 0 aromatic heterocycles. The Balaban J connectivity index is 0.00000225. The van der Waals surface area contributed by atoms with Crippen molar-refractivity contribution in [1.29, 1.82) is 0 Å². The monoisotopic (exact) mass is 250 g/mol. The van der Waals surface area contributed by atoms with Gasteiger partial charge in [0.2, 0.25) is 5.91 Å². The van der Waals surface area contributed by atoms with Crippen molar-refractivity contribution >= 4 is 18.3 Å². The molecular formula is C11H23ClN2O2. The molecule has 1 aliphatic rings. The molecule has 3 unspecified atom stereocenters. The summed E-state index contributed by atoms with van der Waals surface area (Å²) in [6, 6.07) is 0.198. The summed E-state index contributed by atoms with van der Waals surface area (Å²) < 4.78 is 0. The number of carbonyl (C=O) groups is 1. The van der Waals surface area contributed by atoms with Gasteiger partial charge in [0.15, 0.2) is 0 Å². The van der Waals surface area contributed by atoms with Crippen LogP contribution < -0.4 is 5.73 Å². The molecular weight excluding hydrogens is 228 g/mol. The van der Waals surface area contributed by atoms with Crippen molar-refractivity contribution in [3.63, 3.8) is 0 Å². The van der Waals surface area contributed by atoms with Gasteiger partial charge in [-0.3, -0.25) is 4.79 Å². The van der Waals surface area contributed by atoms with Crippen molar-refractivity contribution in [1.82, 2.24) is 4.90 Å². The van der Waals surface area contributed by atoms with Crippen LogP contribution in [-0.2, 0) is 4.79 Å². The Hall–Kier alpha value is -0.320. The lowest BCUT2D eigenvalue weighted by atomic mass is 10.1. The summed E-state index contributed by atoms with van der Waals surface area (Å²) >= 11 is 0. The Kier molecular flexibility index (Phi) is 6.95. The smallest absolute Gasteiger partial charge is 0.225 e. The molecule has 3 atom stereocenters. The number of rotatable bonds is 4. The fourth-order valence-corrected chi connectivity index (χ4v) is 2.04. The average Bonchev–Trinajstić information content (AvgIpc) is 2.60. The summed E-state index contributed by atoms with van der Waals surface area (Å²) in [6.45, 7) is 2.37. The van der Waals surface area contributed by atoms with Crippen LogP contribution in [0.5, 0.6) is 0 Å². The molecule has 1 aliphatic carbocycles. The quantitative estimate of drug-likeness (QED) is 0.775. The van der Waals surface area contributed by atoms with E-state index in [1.54, 1.807) is 18.9 Å². The summed E-state index contributed by atoms with van der Waals surface area (Å²) in [5, 5.41) is 9.13. The minimum absolute atomic E-state index is 0. The van der Waals surface area contributed by atoms with Crippen LogP contribution in [0.25, 0.3) is 0 Å². The van der Waals surface area contributed by atoms with Crippen molar-refractivity contribution < 1.29 is 9.90 Å². The summed E-state index contributed by atoms with van der Waals surface area (Å²) in [5.74, 6) is 0.294. The third-order valence-corrected chi connectivity index (χ3v) is 3.08. The topological polar surface area (TPSA) is 66.6 Å². The number of hydrogen-bond acceptors (Lipinski definition) is 3. The maximum atomic E-state index is 11.9. The number of aliphatic hydroxyl groups excluding tert-OH is 1. The summed E-state index contributed by atoms with van der Waals surface area (Å²) in [5.41, 5.74) is 5.77. The van der Waals surface area contributed by atoms with Gasteiger partial charge in [0.05, 0.1) is 6.10 Å². The van der Waals surface area contributed by atoms with Crippen molar-refractivity contribution in [2.75, 3.05) is 13.6 Å². The highest BCUT2D eigenvalue weighted by molar-refractivity contribution is 5.85. The minimum Gasteiger partial charge on any atom is -0.393 e. The lowest BCUT2D eigenvalue weighted by Gasteiger charge is -2.21. The summed E-state index contributed by atoms with van der Waals surface area (Å²) in [6.07, 6.45) is 2.99. The van der Waals surface area contributed by atoms with E-state index in [0.717, 1.165) is 19.3 Å². The summed E-state index contributed by atoms with van der Waals surface area (Å²) in [4.78, 5) is 13.6. The van der Waals surface area contributed by atoms with Crippen molar-refractivity contribution in [2.24, 2.45) is 11.7 Å². The van der Waals surface area contributed by atoms with Crippen LogP contribution in [-0.4, -0.2) is 41.7 Å². The van der Waals surface area contributed by atoms with Gasteiger partial charge in [0.1, 0.15) is 0 Å². The van der Waals surface area contributed by atoms with Crippen molar-refractivity contribution in [3.05, 3.63) is 0 Å². The molecule has 96 valence electrons. The van der Waals surface area contributed by atoms with Crippen LogP contribution in [0, 0.1) is 5.92 Å². The number of halogens is 1. The van der Waals surface area contributed by atoms with Gasteiger partial charge < -0.3 is 15.7 Å². The zero-order chi connectivity index (χ0) is 11.4. The Bertz CT molecular complexity index is 224. The number of amides is 1. The molecule has 0 aromatic rings. The summed E-state index contributed by atoms with van der Waals surface area (Å²) in [7, 11) is 1.80. The molecule has 1 fully saturated rings. The van der Waals surface area contributed by atoms with Gasteiger partial charge >= 0.3 is 0 Å². The second kappa shape index (κ2) is 7.09. The van der Waals surface area contributed by atoms with E-state index in [1.807, 2.05) is 0 Å². The Morgan fingerprint density at radius 1 is 1.56 bits per heavy atom. The third kappa shape index (κ3) is 4.68. The lowest BCUT2D eigenvalue weighted by Crippen LogP contribution is -2.34. The lowest BCUT2D eigenvalue weighted by molar-refractivity contribution is -0.134. The number of hydrogen-bond donors (Lipinski definition) is 2. The molecule has 0 bridgehead atoms. The van der Waals surface area contributed by atoms with Crippen molar-refractivity contribution in [3.8, 4) is 0 Å². The minimum atomic E-state index is -0.342. The molecule has 0 aliphatic heterocycles. The molecule has 0 aromatic carbocycles. The maximum absolute atomic E-state index is 11.9. The zero-order valence-corrected chi connectivity index (χ0v) is 10.9. The van der Waals surface area contributed by atoms with Crippen LogP contribution >= 0.6 is 12.4 Å². The van der Waals surface area contributed by atoms with Crippen LogP contribution in [0.3, 0.4) is 0 Å². The molecule has 0 radical (unpaired) electrons. The SMILES string of the molecule is CC(O)CCN(C)C(=O)C1CCC(N)C1.Cl. The highest BCUT2D eigenvalue weighted by atomic mass is 35.5. The van der Waals surface area contributed by atoms with E-state index < -0.39 is 0 Å². The van der Waals surface area contributed by atoms with E-state index in [4.69, 9.17) is 10.8 Å². The molecule has 0 heterocycles. The van der Waals surface area contributed by atoms with E-state index >= 15 is 0 Å². The van der Waals surface area contributed by atoms with E-state index in [0.29, 0.717) is 13.0 Å². The zero-order valence-electron chi connectivity index (χ0n) is 10.1.